The molecule has 0 radical (unpaired) electrons. The monoisotopic (exact) mass is 253 g/mol. The van der Waals surface area contributed by atoms with Gasteiger partial charge in [0.05, 0.1) is 16.0 Å². The summed E-state index contributed by atoms with van der Waals surface area (Å²) in [5.41, 5.74) is -0.375. The molecule has 0 aliphatic heterocycles. The number of nitro groups is 1. The molecule has 0 saturated heterocycles. The second-order valence-corrected chi connectivity index (χ2v) is 3.18. The van der Waals surface area contributed by atoms with Gasteiger partial charge < -0.3 is 0 Å². The maximum absolute atomic E-state index is 12.6. The van der Waals surface area contributed by atoms with Crippen molar-refractivity contribution in [1.29, 1.82) is 0 Å². The zero-order chi connectivity index (χ0) is 9.30. The van der Waals surface area contributed by atoms with Gasteiger partial charge >= 0.3 is 0 Å². The van der Waals surface area contributed by atoms with E-state index in [1.54, 1.807) is 0 Å². The van der Waals surface area contributed by atoms with Crippen molar-refractivity contribution in [3.63, 3.8) is 0 Å². The fourth-order valence-corrected chi connectivity index (χ4v) is 1.25. The van der Waals surface area contributed by atoms with Crippen molar-refractivity contribution in [2.75, 3.05) is 0 Å². The van der Waals surface area contributed by atoms with Gasteiger partial charge in [-0.15, -0.1) is 0 Å². The molecule has 6 heteroatoms. The first-order valence-electron chi connectivity index (χ1n) is 2.81. The van der Waals surface area contributed by atoms with Crippen LogP contribution in [0.15, 0.2) is 16.6 Å². The fourth-order valence-electron chi connectivity index (χ4n) is 0.675. The molecule has 64 valence electrons. The third-order valence-corrected chi connectivity index (χ3v) is 2.53. The molecule has 0 amide bonds. The number of nitro benzene ring substituents is 1. The van der Waals surface area contributed by atoms with Gasteiger partial charge in [0.2, 0.25) is 0 Å². The Morgan fingerprint density at radius 1 is 1.58 bits per heavy atom. The van der Waals surface area contributed by atoms with E-state index < -0.39 is 10.7 Å². The molecule has 0 atom stereocenters. The fraction of sp³-hybridized carbons (Fsp3) is 0. The summed E-state index contributed by atoms with van der Waals surface area (Å²) in [6.07, 6.45) is 0. The molecule has 12 heavy (non-hydrogen) atoms. The SMILES string of the molecule is O=[N+]([O-])c1cc(F)cc(Cl)c1Br. The number of benzene rings is 1. The van der Waals surface area contributed by atoms with Crippen LogP contribution < -0.4 is 0 Å². The first-order valence-corrected chi connectivity index (χ1v) is 3.98. The van der Waals surface area contributed by atoms with Gasteiger partial charge in [0.15, 0.2) is 0 Å². The lowest BCUT2D eigenvalue weighted by Crippen LogP contribution is -1.91. The highest BCUT2D eigenvalue weighted by Crippen LogP contribution is 2.32. The lowest BCUT2D eigenvalue weighted by Gasteiger charge is -1.97. The van der Waals surface area contributed by atoms with E-state index in [1.165, 1.54) is 0 Å². The van der Waals surface area contributed by atoms with Gasteiger partial charge in [0, 0.05) is 0 Å². The van der Waals surface area contributed by atoms with E-state index in [0.717, 1.165) is 12.1 Å². The Balaban J connectivity index is 3.37. The average Bonchev–Trinajstić information content (AvgIpc) is 1.96. The van der Waals surface area contributed by atoms with Crippen molar-refractivity contribution in [1.82, 2.24) is 0 Å². The molecule has 1 aromatic carbocycles. The third-order valence-electron chi connectivity index (χ3n) is 1.17. The first-order chi connectivity index (χ1) is 5.52. The summed E-state index contributed by atoms with van der Waals surface area (Å²) < 4.78 is 12.7. The van der Waals surface area contributed by atoms with Crippen molar-refractivity contribution in [3.05, 3.63) is 37.6 Å². The molecule has 0 saturated carbocycles. The summed E-state index contributed by atoms with van der Waals surface area (Å²) >= 11 is 8.35. The smallest absolute Gasteiger partial charge is 0.258 e. The summed E-state index contributed by atoms with van der Waals surface area (Å²) in [5.74, 6) is -0.727. The molecule has 0 unspecified atom stereocenters. The van der Waals surface area contributed by atoms with E-state index >= 15 is 0 Å². The first kappa shape index (κ1) is 9.41. The Morgan fingerprint density at radius 3 is 2.67 bits per heavy atom. The van der Waals surface area contributed by atoms with Crippen LogP contribution in [0.4, 0.5) is 10.1 Å². The molecule has 0 fully saturated rings. The predicted molar refractivity (Wildman–Crippen MR) is 45.8 cm³/mol. The summed E-state index contributed by atoms with van der Waals surface area (Å²) in [7, 11) is 0. The summed E-state index contributed by atoms with van der Waals surface area (Å²) in [4.78, 5) is 9.57. The minimum Gasteiger partial charge on any atom is -0.258 e. The van der Waals surface area contributed by atoms with Crippen LogP contribution in [-0.4, -0.2) is 4.92 Å². The van der Waals surface area contributed by atoms with Gasteiger partial charge in [0.1, 0.15) is 10.3 Å². The highest BCUT2D eigenvalue weighted by molar-refractivity contribution is 9.10. The second-order valence-electron chi connectivity index (χ2n) is 1.98. The van der Waals surface area contributed by atoms with Crippen LogP contribution in [0.25, 0.3) is 0 Å². The van der Waals surface area contributed by atoms with Crippen molar-refractivity contribution in [3.8, 4) is 0 Å². The molecule has 1 rings (SSSR count). The molecule has 0 heterocycles. The molecule has 0 spiro atoms. The van der Waals surface area contributed by atoms with Crippen molar-refractivity contribution in [2.24, 2.45) is 0 Å². The Kier molecular flexibility index (Phi) is 2.64. The maximum Gasteiger partial charge on any atom is 0.287 e. The normalized spacial score (nSPS) is 9.92. The van der Waals surface area contributed by atoms with Crippen LogP contribution in [0.2, 0.25) is 5.02 Å². The van der Waals surface area contributed by atoms with Gasteiger partial charge in [-0.05, 0) is 22.0 Å². The second kappa shape index (κ2) is 3.37. The summed E-state index contributed by atoms with van der Waals surface area (Å²) in [6.45, 7) is 0. The van der Waals surface area contributed by atoms with E-state index in [0.29, 0.717) is 0 Å². The minimum atomic E-state index is -0.727. The zero-order valence-electron chi connectivity index (χ0n) is 5.55. The lowest BCUT2D eigenvalue weighted by molar-refractivity contribution is -0.385. The standard InChI is InChI=1S/C6H2BrClFNO2/c7-6-4(8)1-3(9)2-5(6)10(11)12/h1-2H. The molecule has 0 N–H and O–H groups in total. The third kappa shape index (κ3) is 1.73. The van der Waals surface area contributed by atoms with Gasteiger partial charge in [-0.1, -0.05) is 11.6 Å². The van der Waals surface area contributed by atoms with E-state index in [-0.39, 0.29) is 15.2 Å². The van der Waals surface area contributed by atoms with Gasteiger partial charge in [-0.25, -0.2) is 4.39 Å². The van der Waals surface area contributed by atoms with Gasteiger partial charge in [-0.2, -0.15) is 0 Å². The largest absolute Gasteiger partial charge is 0.287 e. The number of halogens is 3. The van der Waals surface area contributed by atoms with Crippen LogP contribution in [0.3, 0.4) is 0 Å². The summed E-state index contributed by atoms with van der Waals surface area (Å²) in [5, 5.41) is 10.3. The van der Waals surface area contributed by atoms with Crippen LogP contribution in [0, 0.1) is 15.9 Å². The molecule has 0 aromatic heterocycles. The Morgan fingerprint density at radius 2 is 2.17 bits per heavy atom. The topological polar surface area (TPSA) is 43.1 Å². The average molecular weight is 254 g/mol. The van der Waals surface area contributed by atoms with Crippen molar-refractivity contribution in [2.45, 2.75) is 0 Å². The minimum absolute atomic E-state index is 0.0123. The van der Waals surface area contributed by atoms with Gasteiger partial charge in [0.25, 0.3) is 5.69 Å². The van der Waals surface area contributed by atoms with Crippen molar-refractivity contribution >= 4 is 33.2 Å². The van der Waals surface area contributed by atoms with Crippen LogP contribution in [0.1, 0.15) is 0 Å². The quantitative estimate of drug-likeness (QED) is 0.439. The molecule has 0 bridgehead atoms. The Hall–Kier alpha value is -0.680. The molecule has 1 aromatic rings. The molecular formula is C6H2BrClFNO2. The van der Waals surface area contributed by atoms with Crippen molar-refractivity contribution < 1.29 is 9.31 Å². The summed E-state index contributed by atoms with van der Waals surface area (Å²) in [6, 6.07) is 1.80. The maximum atomic E-state index is 12.6. The van der Waals surface area contributed by atoms with E-state index in [2.05, 4.69) is 15.9 Å². The van der Waals surface area contributed by atoms with E-state index in [4.69, 9.17) is 11.6 Å². The number of rotatable bonds is 1. The molecule has 0 aliphatic rings. The number of hydrogen-bond donors (Lipinski definition) is 0. The van der Waals surface area contributed by atoms with E-state index in [9.17, 15) is 14.5 Å². The predicted octanol–water partition coefficient (Wildman–Crippen LogP) is 3.15. The number of hydrogen-bond acceptors (Lipinski definition) is 2. The highest BCUT2D eigenvalue weighted by Gasteiger charge is 2.16. The highest BCUT2D eigenvalue weighted by atomic mass is 79.9. The van der Waals surface area contributed by atoms with Crippen LogP contribution in [0.5, 0.6) is 0 Å². The van der Waals surface area contributed by atoms with E-state index in [1.807, 2.05) is 0 Å². The van der Waals surface area contributed by atoms with Gasteiger partial charge in [-0.3, -0.25) is 10.1 Å². The zero-order valence-corrected chi connectivity index (χ0v) is 7.89. The Bertz CT molecular complexity index is 345. The molecule has 3 nitrogen and oxygen atoms in total. The number of nitrogens with zero attached hydrogens (tertiary/aromatic N) is 1. The Labute approximate surface area is 80.4 Å². The molecule has 0 aliphatic carbocycles. The lowest BCUT2D eigenvalue weighted by atomic mass is 10.3. The van der Waals surface area contributed by atoms with Crippen LogP contribution in [-0.2, 0) is 0 Å². The molecular weight excluding hydrogens is 252 g/mol. The van der Waals surface area contributed by atoms with Crippen LogP contribution >= 0.6 is 27.5 Å².